The van der Waals surface area contributed by atoms with Crippen LogP contribution in [-0.2, 0) is 21.4 Å². The van der Waals surface area contributed by atoms with E-state index in [4.69, 9.17) is 16.3 Å². The molecule has 1 aliphatic heterocycles. The molecule has 0 amide bonds. The number of carbonyl (C=O) groups is 1. The van der Waals surface area contributed by atoms with Gasteiger partial charge < -0.3 is 4.74 Å². The van der Waals surface area contributed by atoms with Gasteiger partial charge in [0.15, 0.2) is 0 Å². The van der Waals surface area contributed by atoms with Crippen LogP contribution in [0, 0.1) is 6.92 Å². The number of rotatable bonds is 5. The number of aryl methyl sites for hydroxylation is 1. The van der Waals surface area contributed by atoms with Crippen molar-refractivity contribution in [2.75, 3.05) is 13.1 Å². The summed E-state index contributed by atoms with van der Waals surface area (Å²) in [6.45, 7) is 3.02. The molecule has 1 aliphatic rings. The van der Waals surface area contributed by atoms with Gasteiger partial charge in [0.2, 0.25) is 10.0 Å². The van der Waals surface area contributed by atoms with Gasteiger partial charge in [0.05, 0.1) is 16.0 Å². The van der Waals surface area contributed by atoms with Crippen LogP contribution in [0.3, 0.4) is 0 Å². The Labute approximate surface area is 180 Å². The van der Waals surface area contributed by atoms with Gasteiger partial charge in [-0.25, -0.2) is 18.2 Å². The maximum absolute atomic E-state index is 12.6. The summed E-state index contributed by atoms with van der Waals surface area (Å²) >= 11 is 6.24. The van der Waals surface area contributed by atoms with Gasteiger partial charge in [0.1, 0.15) is 11.8 Å². The third-order valence-electron chi connectivity index (χ3n) is 5.15. The third kappa shape index (κ3) is 4.19. The normalized spacial score (nSPS) is 14.9. The van der Waals surface area contributed by atoms with E-state index in [0.29, 0.717) is 18.7 Å². The van der Waals surface area contributed by atoms with Gasteiger partial charge in [-0.1, -0.05) is 23.7 Å². The SMILES string of the molecule is Cc1ccc2cc(COC(=O)c3ccc(S(=O)(=O)N4CCCC4)cc3)c(Cl)nc2c1. The number of sulfonamides is 1. The van der Waals surface area contributed by atoms with E-state index in [1.54, 1.807) is 0 Å². The van der Waals surface area contributed by atoms with Crippen molar-refractivity contribution in [1.82, 2.24) is 9.29 Å². The molecule has 4 rings (SSSR count). The minimum absolute atomic E-state index is 0.0255. The minimum Gasteiger partial charge on any atom is -0.457 e. The molecule has 1 aromatic heterocycles. The van der Waals surface area contributed by atoms with Gasteiger partial charge in [-0.3, -0.25) is 0 Å². The molecule has 156 valence electrons. The van der Waals surface area contributed by atoms with Gasteiger partial charge in [0, 0.05) is 24.0 Å². The first-order valence-corrected chi connectivity index (χ1v) is 11.5. The van der Waals surface area contributed by atoms with E-state index in [1.807, 2.05) is 31.2 Å². The van der Waals surface area contributed by atoms with Crippen LogP contribution in [0.1, 0.15) is 34.3 Å². The Morgan fingerprint density at radius 3 is 2.50 bits per heavy atom. The fourth-order valence-corrected chi connectivity index (χ4v) is 5.18. The zero-order valence-electron chi connectivity index (χ0n) is 16.5. The fraction of sp³-hybridized carbons (Fsp3) is 0.273. The molecule has 0 N–H and O–H groups in total. The Kier molecular flexibility index (Phi) is 5.77. The standard InChI is InChI=1S/C22H21ClN2O4S/c1-15-4-5-17-13-18(21(23)24-20(17)12-15)14-29-22(26)16-6-8-19(9-7-16)30(27,28)25-10-2-3-11-25/h4-9,12-13H,2-3,10-11,14H2,1H3. The van der Waals surface area contributed by atoms with E-state index in [0.717, 1.165) is 29.3 Å². The largest absolute Gasteiger partial charge is 0.457 e. The second kappa shape index (κ2) is 8.34. The first-order chi connectivity index (χ1) is 14.3. The molecule has 8 heteroatoms. The van der Waals surface area contributed by atoms with Crippen molar-refractivity contribution >= 4 is 38.5 Å². The van der Waals surface area contributed by atoms with Crippen LogP contribution in [0.4, 0.5) is 0 Å². The first kappa shape index (κ1) is 20.8. The molecule has 0 radical (unpaired) electrons. The summed E-state index contributed by atoms with van der Waals surface area (Å²) < 4.78 is 32.0. The predicted molar refractivity (Wildman–Crippen MR) is 115 cm³/mol. The summed E-state index contributed by atoms with van der Waals surface area (Å²) in [5.74, 6) is -0.555. The van der Waals surface area contributed by atoms with Gasteiger partial charge in [-0.05, 0) is 61.7 Å². The number of carbonyl (C=O) groups excluding carboxylic acids is 1. The molecule has 30 heavy (non-hydrogen) atoms. The van der Waals surface area contributed by atoms with Crippen LogP contribution in [-0.4, -0.2) is 36.8 Å². The van der Waals surface area contributed by atoms with Crippen LogP contribution >= 0.6 is 11.6 Å². The Hall–Kier alpha value is -2.48. The maximum Gasteiger partial charge on any atom is 0.338 e. The number of aromatic nitrogens is 1. The highest BCUT2D eigenvalue weighted by Crippen LogP contribution is 2.24. The number of halogens is 1. The third-order valence-corrected chi connectivity index (χ3v) is 7.39. The molecular weight excluding hydrogens is 424 g/mol. The lowest BCUT2D eigenvalue weighted by Gasteiger charge is -2.15. The number of hydrogen-bond acceptors (Lipinski definition) is 5. The number of fused-ring (bicyclic) bond motifs is 1. The van der Waals surface area contributed by atoms with Crippen LogP contribution in [0.2, 0.25) is 5.15 Å². The average molecular weight is 445 g/mol. The van der Waals surface area contributed by atoms with E-state index in [1.165, 1.54) is 28.6 Å². The molecule has 2 heterocycles. The summed E-state index contributed by atoms with van der Waals surface area (Å²) in [5.41, 5.74) is 2.75. The quantitative estimate of drug-likeness (QED) is 0.432. The summed E-state index contributed by atoms with van der Waals surface area (Å²) in [7, 11) is -3.51. The summed E-state index contributed by atoms with van der Waals surface area (Å²) in [6, 6.07) is 13.5. The Morgan fingerprint density at radius 1 is 1.10 bits per heavy atom. The van der Waals surface area contributed by atoms with E-state index in [2.05, 4.69) is 4.98 Å². The van der Waals surface area contributed by atoms with Crippen molar-refractivity contribution in [3.63, 3.8) is 0 Å². The predicted octanol–water partition coefficient (Wildman–Crippen LogP) is 4.34. The minimum atomic E-state index is -3.51. The lowest BCUT2D eigenvalue weighted by atomic mass is 10.1. The number of ether oxygens (including phenoxy) is 1. The van der Waals surface area contributed by atoms with Crippen molar-refractivity contribution in [3.8, 4) is 0 Å². The second-order valence-corrected chi connectivity index (χ2v) is 9.64. The number of esters is 1. The summed E-state index contributed by atoms with van der Waals surface area (Å²) in [5, 5.41) is 1.19. The van der Waals surface area contributed by atoms with Crippen molar-refractivity contribution in [1.29, 1.82) is 0 Å². The average Bonchev–Trinajstić information content (AvgIpc) is 3.28. The first-order valence-electron chi connectivity index (χ1n) is 9.68. The molecule has 0 atom stereocenters. The zero-order chi connectivity index (χ0) is 21.3. The molecule has 1 saturated heterocycles. The molecule has 0 aliphatic carbocycles. The fourth-order valence-electron chi connectivity index (χ4n) is 3.47. The lowest BCUT2D eigenvalue weighted by Crippen LogP contribution is -2.27. The van der Waals surface area contributed by atoms with E-state index < -0.39 is 16.0 Å². The zero-order valence-corrected chi connectivity index (χ0v) is 18.0. The van der Waals surface area contributed by atoms with Gasteiger partial charge in [-0.15, -0.1) is 0 Å². The van der Waals surface area contributed by atoms with Crippen LogP contribution in [0.25, 0.3) is 10.9 Å². The van der Waals surface area contributed by atoms with E-state index in [-0.39, 0.29) is 22.2 Å². The van der Waals surface area contributed by atoms with Crippen molar-refractivity contribution in [2.24, 2.45) is 0 Å². The molecule has 2 aromatic carbocycles. The van der Waals surface area contributed by atoms with E-state index >= 15 is 0 Å². The summed E-state index contributed by atoms with van der Waals surface area (Å²) in [6.07, 6.45) is 1.74. The van der Waals surface area contributed by atoms with Crippen molar-refractivity contribution in [2.45, 2.75) is 31.3 Å². The molecule has 3 aromatic rings. The number of nitrogens with zero attached hydrogens (tertiary/aromatic N) is 2. The molecule has 0 bridgehead atoms. The monoisotopic (exact) mass is 444 g/mol. The Morgan fingerprint density at radius 2 is 1.80 bits per heavy atom. The molecule has 1 fully saturated rings. The Bertz CT molecular complexity index is 1200. The number of pyridine rings is 1. The van der Waals surface area contributed by atoms with E-state index in [9.17, 15) is 13.2 Å². The molecule has 0 unspecified atom stereocenters. The van der Waals surface area contributed by atoms with Crippen LogP contribution in [0.5, 0.6) is 0 Å². The van der Waals surface area contributed by atoms with Crippen molar-refractivity contribution < 1.29 is 17.9 Å². The molecular formula is C22H21ClN2O4S. The lowest BCUT2D eigenvalue weighted by molar-refractivity contribution is 0.0472. The van der Waals surface area contributed by atoms with Gasteiger partial charge in [-0.2, -0.15) is 4.31 Å². The highest BCUT2D eigenvalue weighted by atomic mass is 35.5. The van der Waals surface area contributed by atoms with Crippen molar-refractivity contribution in [3.05, 3.63) is 70.4 Å². The van der Waals surface area contributed by atoms with Gasteiger partial charge in [0.25, 0.3) is 0 Å². The molecule has 0 saturated carbocycles. The molecule has 0 spiro atoms. The highest BCUT2D eigenvalue weighted by molar-refractivity contribution is 7.89. The number of hydrogen-bond donors (Lipinski definition) is 0. The summed E-state index contributed by atoms with van der Waals surface area (Å²) in [4.78, 5) is 17.0. The highest BCUT2D eigenvalue weighted by Gasteiger charge is 2.27. The maximum atomic E-state index is 12.6. The number of benzene rings is 2. The van der Waals surface area contributed by atoms with Gasteiger partial charge >= 0.3 is 5.97 Å². The smallest absolute Gasteiger partial charge is 0.338 e. The topological polar surface area (TPSA) is 76.6 Å². The Balaban J connectivity index is 1.46. The van der Waals surface area contributed by atoms with Crippen LogP contribution in [0.15, 0.2) is 53.4 Å². The van der Waals surface area contributed by atoms with Crippen LogP contribution < -0.4 is 0 Å². The second-order valence-electron chi connectivity index (χ2n) is 7.35. The molecule has 6 nitrogen and oxygen atoms in total.